The van der Waals surface area contributed by atoms with Gasteiger partial charge in [-0.25, -0.2) is 0 Å². The Labute approximate surface area is 140 Å². The van der Waals surface area contributed by atoms with Gasteiger partial charge in [-0.1, -0.05) is 24.3 Å². The molecule has 1 heterocycles. The molecule has 0 spiro atoms. The van der Waals surface area contributed by atoms with Gasteiger partial charge in [0, 0.05) is 11.7 Å². The molecule has 4 rings (SSSR count). The number of para-hydroxylation sites is 1. The Hall–Kier alpha value is -3.00. The van der Waals surface area contributed by atoms with E-state index in [0.29, 0.717) is 11.8 Å². The molecule has 0 radical (unpaired) electrons. The first kappa shape index (κ1) is 14.6. The van der Waals surface area contributed by atoms with Gasteiger partial charge in [0.05, 0.1) is 5.56 Å². The molecule has 1 saturated carbocycles. The van der Waals surface area contributed by atoms with Crippen LogP contribution in [0.3, 0.4) is 0 Å². The van der Waals surface area contributed by atoms with Gasteiger partial charge in [-0.2, -0.15) is 5.26 Å². The van der Waals surface area contributed by atoms with Crippen LogP contribution in [0.5, 0.6) is 5.75 Å². The van der Waals surface area contributed by atoms with Crippen molar-refractivity contribution in [3.8, 4) is 11.8 Å². The van der Waals surface area contributed by atoms with Crippen molar-refractivity contribution in [2.75, 3.05) is 11.9 Å². The quantitative estimate of drug-likeness (QED) is 0.939. The normalized spacial score (nSPS) is 19.2. The maximum Gasteiger partial charge on any atom is 0.258 e. The van der Waals surface area contributed by atoms with Gasteiger partial charge in [0.25, 0.3) is 5.91 Å². The van der Waals surface area contributed by atoms with Crippen LogP contribution in [0.25, 0.3) is 0 Å². The minimum atomic E-state index is -0.176. The molecule has 0 saturated heterocycles. The molecule has 0 aromatic heterocycles. The second-order valence-corrected chi connectivity index (χ2v) is 6.05. The smallest absolute Gasteiger partial charge is 0.258 e. The van der Waals surface area contributed by atoms with E-state index in [1.165, 1.54) is 0 Å². The van der Waals surface area contributed by atoms with Crippen LogP contribution in [0, 0.1) is 11.3 Å². The first-order chi connectivity index (χ1) is 11.8. The van der Waals surface area contributed by atoms with Gasteiger partial charge in [0.2, 0.25) is 0 Å². The second-order valence-electron chi connectivity index (χ2n) is 6.05. The van der Waals surface area contributed by atoms with E-state index in [1.807, 2.05) is 59.5 Å². The largest absolute Gasteiger partial charge is 0.479 e. The number of nitriles is 1. The number of nitrogens with zero attached hydrogens (tertiary/aromatic N) is 2. The molecule has 1 atom stereocenters. The molecule has 120 valence electrons. The van der Waals surface area contributed by atoms with E-state index in [1.54, 1.807) is 0 Å². The maximum absolute atomic E-state index is 12.9. The second kappa shape index (κ2) is 5.89. The lowest BCUT2D eigenvalue weighted by atomic mass is 10.0. The number of anilines is 1. The lowest BCUT2D eigenvalue weighted by Crippen LogP contribution is -2.44. The van der Waals surface area contributed by atoms with E-state index in [2.05, 4.69) is 5.32 Å². The van der Waals surface area contributed by atoms with Gasteiger partial charge in [-0.15, -0.1) is 0 Å². The van der Waals surface area contributed by atoms with E-state index in [9.17, 15) is 4.79 Å². The molecule has 5 heteroatoms. The molecule has 1 fully saturated rings. The van der Waals surface area contributed by atoms with Crippen LogP contribution >= 0.6 is 0 Å². The number of ether oxygens (including phenoxy) is 1. The first-order valence-corrected chi connectivity index (χ1v) is 8.06. The van der Waals surface area contributed by atoms with Crippen LogP contribution in [-0.2, 0) is 0 Å². The molecular weight excluding hydrogens is 302 g/mol. The van der Waals surface area contributed by atoms with Crippen molar-refractivity contribution in [1.29, 1.82) is 5.26 Å². The van der Waals surface area contributed by atoms with Gasteiger partial charge in [0.15, 0.2) is 6.61 Å². The molecule has 1 aliphatic carbocycles. The fourth-order valence-corrected chi connectivity index (χ4v) is 3.10. The van der Waals surface area contributed by atoms with E-state index < -0.39 is 0 Å². The summed E-state index contributed by atoms with van der Waals surface area (Å²) in [7, 11) is 0. The van der Waals surface area contributed by atoms with Crippen molar-refractivity contribution in [3.63, 3.8) is 0 Å². The van der Waals surface area contributed by atoms with Crippen LogP contribution in [0.15, 0.2) is 48.5 Å². The van der Waals surface area contributed by atoms with Gasteiger partial charge in [0.1, 0.15) is 18.0 Å². The van der Waals surface area contributed by atoms with Gasteiger partial charge in [-0.05, 0) is 42.7 Å². The molecule has 1 amide bonds. The topological polar surface area (TPSA) is 65.4 Å². The number of carbonyl (C=O) groups is 1. The summed E-state index contributed by atoms with van der Waals surface area (Å²) >= 11 is 0. The summed E-state index contributed by atoms with van der Waals surface area (Å²) in [5, 5.41) is 12.1. The molecule has 24 heavy (non-hydrogen) atoms. The van der Waals surface area contributed by atoms with Crippen molar-refractivity contribution in [2.24, 2.45) is 0 Å². The highest BCUT2D eigenvalue weighted by Gasteiger charge is 2.41. The molecule has 1 aliphatic heterocycles. The lowest BCUT2D eigenvalue weighted by Gasteiger charge is -2.38. The van der Waals surface area contributed by atoms with Crippen LogP contribution in [0.2, 0.25) is 0 Å². The number of benzene rings is 2. The molecule has 0 unspecified atom stereocenters. The highest BCUT2D eigenvalue weighted by molar-refractivity contribution is 6.02. The van der Waals surface area contributed by atoms with Crippen molar-refractivity contribution in [3.05, 3.63) is 59.7 Å². The summed E-state index contributed by atoms with van der Waals surface area (Å²) in [6, 6.07) is 17.5. The van der Waals surface area contributed by atoms with Gasteiger partial charge >= 0.3 is 0 Å². The molecule has 2 aliphatic rings. The van der Waals surface area contributed by atoms with Crippen molar-refractivity contribution < 1.29 is 9.53 Å². The van der Waals surface area contributed by atoms with E-state index in [0.717, 1.165) is 29.7 Å². The van der Waals surface area contributed by atoms with E-state index >= 15 is 0 Å². The average molecular weight is 319 g/mol. The molecule has 2 aromatic rings. The zero-order valence-electron chi connectivity index (χ0n) is 13.1. The average Bonchev–Trinajstić information content (AvgIpc) is 3.45. The Morgan fingerprint density at radius 2 is 1.92 bits per heavy atom. The highest BCUT2D eigenvalue weighted by Crippen LogP contribution is 2.40. The van der Waals surface area contributed by atoms with Crippen LogP contribution < -0.4 is 10.1 Å². The van der Waals surface area contributed by atoms with Crippen LogP contribution in [0.4, 0.5) is 5.69 Å². The lowest BCUT2D eigenvalue weighted by molar-refractivity contribution is 0.0666. The first-order valence-electron chi connectivity index (χ1n) is 8.06. The van der Waals surface area contributed by atoms with Crippen molar-refractivity contribution >= 4 is 11.6 Å². The molecular formula is C19H17N3O2. The predicted octanol–water partition coefficient (Wildman–Crippen LogP) is 3.32. The number of fused-ring (bicyclic) bond motifs is 1. The minimum absolute atomic E-state index is 0.0289. The van der Waals surface area contributed by atoms with Gasteiger partial charge < -0.3 is 15.0 Å². The fourth-order valence-electron chi connectivity index (χ4n) is 3.10. The van der Waals surface area contributed by atoms with Crippen molar-refractivity contribution in [1.82, 2.24) is 4.90 Å². The maximum atomic E-state index is 12.9. The summed E-state index contributed by atoms with van der Waals surface area (Å²) in [5.41, 5.74) is 2.61. The SMILES string of the molecule is N#CCOc1ccc([C@H]2Nc3ccccc3C(=O)N2C2CC2)cc1. The Kier molecular flexibility index (Phi) is 3.58. The molecule has 1 N–H and O–H groups in total. The van der Waals surface area contributed by atoms with Crippen LogP contribution in [0.1, 0.15) is 34.9 Å². The van der Waals surface area contributed by atoms with E-state index in [-0.39, 0.29) is 18.7 Å². The summed E-state index contributed by atoms with van der Waals surface area (Å²) in [5.74, 6) is 0.738. The standard InChI is InChI=1S/C19H17N3O2/c20-11-12-24-15-9-5-13(6-10-15)18-21-17-4-2-1-3-16(17)19(23)22(18)14-7-8-14/h1-6,9-10,14,18,21H,7-8,12H2/t18-/m0/s1. The third-order valence-electron chi connectivity index (χ3n) is 4.40. The summed E-state index contributed by atoms with van der Waals surface area (Å²) in [6.07, 6.45) is 1.93. The zero-order chi connectivity index (χ0) is 16.5. The number of nitrogens with one attached hydrogen (secondary N) is 1. The molecule has 2 aromatic carbocycles. The summed E-state index contributed by atoms with van der Waals surface area (Å²) in [6.45, 7) is 0.0289. The highest BCUT2D eigenvalue weighted by atomic mass is 16.5. The minimum Gasteiger partial charge on any atom is -0.479 e. The Balaban J connectivity index is 1.66. The fraction of sp³-hybridized carbons (Fsp3) is 0.263. The molecule has 0 bridgehead atoms. The molecule has 5 nitrogen and oxygen atoms in total. The third kappa shape index (κ3) is 2.56. The number of hydrogen-bond acceptors (Lipinski definition) is 4. The van der Waals surface area contributed by atoms with Gasteiger partial charge in [-0.3, -0.25) is 4.79 Å². The van der Waals surface area contributed by atoms with Crippen LogP contribution in [-0.4, -0.2) is 23.5 Å². The zero-order valence-corrected chi connectivity index (χ0v) is 13.1. The third-order valence-corrected chi connectivity index (χ3v) is 4.40. The predicted molar refractivity (Wildman–Crippen MR) is 89.5 cm³/mol. The summed E-state index contributed by atoms with van der Waals surface area (Å²) in [4.78, 5) is 14.9. The van der Waals surface area contributed by atoms with Crippen molar-refractivity contribution in [2.45, 2.75) is 25.0 Å². The Bertz CT molecular complexity index is 806. The number of rotatable bonds is 4. The number of hydrogen-bond donors (Lipinski definition) is 1. The number of carbonyl (C=O) groups excluding carboxylic acids is 1. The Morgan fingerprint density at radius 1 is 1.17 bits per heavy atom. The summed E-state index contributed by atoms with van der Waals surface area (Å²) < 4.78 is 5.30. The number of amides is 1. The Morgan fingerprint density at radius 3 is 2.62 bits per heavy atom. The van der Waals surface area contributed by atoms with E-state index in [4.69, 9.17) is 10.00 Å². The monoisotopic (exact) mass is 319 g/mol.